The zero-order chi connectivity index (χ0) is 12.3. The molecule has 0 bridgehead atoms. The van der Waals surface area contributed by atoms with Crippen LogP contribution in [0.25, 0.3) is 0 Å². The molecule has 0 fully saturated rings. The SMILES string of the molecule is CCc1nnsc1C(=O)Nc1nc(CCl)cs1. The van der Waals surface area contributed by atoms with Gasteiger partial charge in [0.05, 0.1) is 17.3 Å². The van der Waals surface area contributed by atoms with E-state index in [0.29, 0.717) is 28.0 Å². The van der Waals surface area contributed by atoms with Crippen molar-refractivity contribution < 1.29 is 4.79 Å². The van der Waals surface area contributed by atoms with Crippen molar-refractivity contribution in [1.82, 2.24) is 14.6 Å². The second-order valence-electron chi connectivity index (χ2n) is 3.13. The van der Waals surface area contributed by atoms with E-state index >= 15 is 0 Å². The maximum absolute atomic E-state index is 11.9. The van der Waals surface area contributed by atoms with E-state index in [9.17, 15) is 4.79 Å². The molecule has 0 saturated carbocycles. The van der Waals surface area contributed by atoms with Gasteiger partial charge in [-0.3, -0.25) is 10.1 Å². The standard InChI is InChI=1S/C9H9ClN4OS2/c1-2-6-7(17-14-13-6)8(15)12-9-11-5(3-10)4-16-9/h4H,2-3H2,1H3,(H,11,12,15). The highest BCUT2D eigenvalue weighted by Gasteiger charge is 2.16. The molecule has 0 spiro atoms. The maximum atomic E-state index is 11.9. The van der Waals surface area contributed by atoms with E-state index in [0.717, 1.165) is 17.2 Å². The van der Waals surface area contributed by atoms with E-state index in [2.05, 4.69) is 19.9 Å². The summed E-state index contributed by atoms with van der Waals surface area (Å²) in [6, 6.07) is 0. The Balaban J connectivity index is 2.11. The zero-order valence-corrected chi connectivity index (χ0v) is 11.3. The van der Waals surface area contributed by atoms with Gasteiger partial charge in [-0.15, -0.1) is 28.0 Å². The molecule has 0 aliphatic heterocycles. The number of thiazole rings is 1. The Bertz CT molecular complexity index is 525. The first-order chi connectivity index (χ1) is 8.24. The molecule has 5 nitrogen and oxygen atoms in total. The van der Waals surface area contributed by atoms with Crippen LogP contribution in [0.15, 0.2) is 5.38 Å². The van der Waals surface area contributed by atoms with Crippen molar-refractivity contribution in [3.05, 3.63) is 21.6 Å². The van der Waals surface area contributed by atoms with Gasteiger partial charge >= 0.3 is 0 Å². The smallest absolute Gasteiger partial charge is 0.271 e. The Morgan fingerprint density at radius 1 is 1.59 bits per heavy atom. The van der Waals surface area contributed by atoms with Gasteiger partial charge in [-0.1, -0.05) is 11.4 Å². The van der Waals surface area contributed by atoms with E-state index in [-0.39, 0.29) is 5.91 Å². The minimum atomic E-state index is -0.215. The molecular weight excluding hydrogens is 280 g/mol. The third kappa shape index (κ3) is 2.80. The molecule has 1 amide bonds. The van der Waals surface area contributed by atoms with Gasteiger partial charge in [0.15, 0.2) is 5.13 Å². The average molecular weight is 289 g/mol. The number of alkyl halides is 1. The molecule has 8 heteroatoms. The van der Waals surface area contributed by atoms with Crippen LogP contribution >= 0.6 is 34.5 Å². The van der Waals surface area contributed by atoms with E-state index in [1.54, 1.807) is 0 Å². The molecule has 2 rings (SSSR count). The van der Waals surface area contributed by atoms with Crippen LogP contribution in [0.2, 0.25) is 0 Å². The van der Waals surface area contributed by atoms with Crippen LogP contribution in [0, 0.1) is 0 Å². The second-order valence-corrected chi connectivity index (χ2v) is 5.01. The summed E-state index contributed by atoms with van der Waals surface area (Å²) >= 11 is 8.08. The number of anilines is 1. The van der Waals surface area contributed by atoms with Crippen LogP contribution in [0.5, 0.6) is 0 Å². The number of carbonyl (C=O) groups is 1. The fourth-order valence-electron chi connectivity index (χ4n) is 1.19. The number of carbonyl (C=O) groups excluding carboxylic acids is 1. The zero-order valence-electron chi connectivity index (χ0n) is 8.94. The van der Waals surface area contributed by atoms with Gasteiger partial charge in [0.2, 0.25) is 0 Å². The maximum Gasteiger partial charge on any atom is 0.271 e. The number of nitrogens with one attached hydrogen (secondary N) is 1. The lowest BCUT2D eigenvalue weighted by molar-refractivity contribution is 0.102. The predicted octanol–water partition coefficient (Wildman–Crippen LogP) is 2.55. The van der Waals surface area contributed by atoms with Gasteiger partial charge in [0, 0.05) is 5.38 Å². The summed E-state index contributed by atoms with van der Waals surface area (Å²) in [6.07, 6.45) is 0.685. The molecular formula is C9H9ClN4OS2. The molecule has 0 atom stereocenters. The first-order valence-corrected chi connectivity index (χ1v) is 7.06. The molecule has 0 saturated heterocycles. The summed E-state index contributed by atoms with van der Waals surface area (Å²) in [5.74, 6) is 0.127. The fraction of sp³-hybridized carbons (Fsp3) is 0.333. The Labute approximate surface area is 111 Å². The van der Waals surface area contributed by atoms with Gasteiger partial charge in [0.25, 0.3) is 5.91 Å². The largest absolute Gasteiger partial charge is 0.297 e. The molecule has 0 aromatic carbocycles. The number of nitrogens with zero attached hydrogens (tertiary/aromatic N) is 3. The van der Waals surface area contributed by atoms with Crippen molar-refractivity contribution in [3.8, 4) is 0 Å². The van der Waals surface area contributed by atoms with Gasteiger partial charge < -0.3 is 0 Å². The summed E-state index contributed by atoms with van der Waals surface area (Å²) in [6.45, 7) is 1.93. The third-order valence-corrected chi connectivity index (χ3v) is 3.85. The van der Waals surface area contributed by atoms with Crippen molar-refractivity contribution in [1.29, 1.82) is 0 Å². The van der Waals surface area contributed by atoms with Gasteiger partial charge in [-0.05, 0) is 18.0 Å². The molecule has 2 aromatic rings. The molecule has 2 aromatic heterocycles. The predicted molar refractivity (Wildman–Crippen MR) is 68.9 cm³/mol. The summed E-state index contributed by atoms with van der Waals surface area (Å²) in [7, 11) is 0. The lowest BCUT2D eigenvalue weighted by Gasteiger charge is -1.99. The van der Waals surface area contributed by atoms with Crippen LogP contribution in [0.3, 0.4) is 0 Å². The molecule has 2 heterocycles. The number of aromatic nitrogens is 3. The second kappa shape index (κ2) is 5.52. The van der Waals surface area contributed by atoms with E-state index < -0.39 is 0 Å². The van der Waals surface area contributed by atoms with Crippen molar-refractivity contribution in [2.24, 2.45) is 0 Å². The van der Waals surface area contributed by atoms with Crippen molar-refractivity contribution in [3.63, 3.8) is 0 Å². The molecule has 0 aliphatic carbocycles. The highest BCUT2D eigenvalue weighted by atomic mass is 35.5. The number of aryl methyl sites for hydroxylation is 1. The molecule has 0 unspecified atom stereocenters. The molecule has 0 radical (unpaired) electrons. The van der Waals surface area contributed by atoms with E-state index in [4.69, 9.17) is 11.6 Å². The van der Waals surface area contributed by atoms with Crippen LogP contribution in [0.4, 0.5) is 5.13 Å². The first kappa shape index (κ1) is 12.4. The van der Waals surface area contributed by atoms with Crippen LogP contribution in [0.1, 0.15) is 28.0 Å². The highest BCUT2D eigenvalue weighted by Crippen LogP contribution is 2.19. The number of halogens is 1. The average Bonchev–Trinajstić information content (AvgIpc) is 2.96. The molecule has 0 aliphatic rings. The lowest BCUT2D eigenvalue weighted by Crippen LogP contribution is -2.12. The Morgan fingerprint density at radius 3 is 3.06 bits per heavy atom. The van der Waals surface area contributed by atoms with Gasteiger partial charge in [-0.2, -0.15) is 0 Å². The fourth-order valence-corrected chi connectivity index (χ4v) is 2.77. The number of amides is 1. The highest BCUT2D eigenvalue weighted by molar-refractivity contribution is 7.14. The summed E-state index contributed by atoms with van der Waals surface area (Å²) in [5.41, 5.74) is 1.46. The monoisotopic (exact) mass is 288 g/mol. The third-order valence-electron chi connectivity index (χ3n) is 2.01. The van der Waals surface area contributed by atoms with Crippen LogP contribution in [-0.2, 0) is 12.3 Å². The van der Waals surface area contributed by atoms with Crippen molar-refractivity contribution in [2.75, 3.05) is 5.32 Å². The van der Waals surface area contributed by atoms with Crippen molar-refractivity contribution in [2.45, 2.75) is 19.2 Å². The quantitative estimate of drug-likeness (QED) is 0.878. The van der Waals surface area contributed by atoms with Crippen LogP contribution in [-0.4, -0.2) is 20.5 Å². The van der Waals surface area contributed by atoms with E-state index in [1.807, 2.05) is 12.3 Å². The lowest BCUT2D eigenvalue weighted by atomic mass is 10.3. The minimum Gasteiger partial charge on any atom is -0.297 e. The number of hydrogen-bond donors (Lipinski definition) is 1. The number of hydrogen-bond acceptors (Lipinski definition) is 6. The molecule has 90 valence electrons. The summed E-state index contributed by atoms with van der Waals surface area (Å²) < 4.78 is 3.77. The normalized spacial score (nSPS) is 10.5. The van der Waals surface area contributed by atoms with Crippen LogP contribution < -0.4 is 5.32 Å². The van der Waals surface area contributed by atoms with E-state index in [1.165, 1.54) is 11.3 Å². The minimum absolute atomic E-state index is 0.215. The Morgan fingerprint density at radius 2 is 2.41 bits per heavy atom. The van der Waals surface area contributed by atoms with Gasteiger partial charge in [0.1, 0.15) is 4.88 Å². The topological polar surface area (TPSA) is 67.8 Å². The number of rotatable bonds is 4. The summed E-state index contributed by atoms with van der Waals surface area (Å²) in [5, 5.41) is 8.96. The Kier molecular flexibility index (Phi) is 4.03. The first-order valence-electron chi connectivity index (χ1n) is 4.87. The van der Waals surface area contributed by atoms with Crippen molar-refractivity contribution >= 4 is 45.5 Å². The summed E-state index contributed by atoms with van der Waals surface area (Å²) in [4.78, 5) is 16.6. The Hall–Kier alpha value is -1.05. The van der Waals surface area contributed by atoms with Gasteiger partial charge in [-0.25, -0.2) is 4.98 Å². The molecule has 1 N–H and O–H groups in total. The molecule has 17 heavy (non-hydrogen) atoms.